The second-order valence-corrected chi connectivity index (χ2v) is 2.97. The number of aromatic carboxylic acids is 1. The van der Waals surface area contributed by atoms with E-state index in [1.165, 1.54) is 0 Å². The molecule has 0 saturated heterocycles. The molecular formula is C8H9F3N2O2. The summed E-state index contributed by atoms with van der Waals surface area (Å²) in [5, 5.41) is 13.8. The average Bonchev–Trinajstić information content (AvgIpc) is 2.47. The van der Waals surface area contributed by atoms with Crippen LogP contribution < -0.4 is 0 Å². The second-order valence-electron chi connectivity index (χ2n) is 2.97. The number of carboxylic acid groups (broad SMARTS) is 1. The van der Waals surface area contributed by atoms with Gasteiger partial charge in [0.25, 0.3) is 0 Å². The van der Waals surface area contributed by atoms with Crippen molar-refractivity contribution in [1.82, 2.24) is 10.2 Å². The SMILES string of the molecule is CCCc1n[nH]c(C(F)(F)F)c1C(=O)O. The summed E-state index contributed by atoms with van der Waals surface area (Å²) in [7, 11) is 0. The van der Waals surface area contributed by atoms with Gasteiger partial charge in [-0.05, 0) is 6.42 Å². The molecule has 0 aromatic carbocycles. The highest BCUT2D eigenvalue weighted by molar-refractivity contribution is 5.90. The second kappa shape index (κ2) is 3.92. The molecule has 1 rings (SSSR count). The molecule has 0 unspecified atom stereocenters. The summed E-state index contributed by atoms with van der Waals surface area (Å²) in [6, 6.07) is 0. The fraction of sp³-hybridized carbons (Fsp3) is 0.500. The van der Waals surface area contributed by atoms with Gasteiger partial charge in [0.15, 0.2) is 5.69 Å². The maximum absolute atomic E-state index is 12.3. The zero-order valence-electron chi connectivity index (χ0n) is 7.85. The number of hydrogen-bond donors (Lipinski definition) is 2. The molecule has 2 N–H and O–H groups in total. The smallest absolute Gasteiger partial charge is 0.433 e. The van der Waals surface area contributed by atoms with Gasteiger partial charge in [-0.3, -0.25) is 5.10 Å². The number of rotatable bonds is 3. The van der Waals surface area contributed by atoms with Crippen molar-refractivity contribution < 1.29 is 23.1 Å². The van der Waals surface area contributed by atoms with Crippen molar-refractivity contribution in [1.29, 1.82) is 0 Å². The number of carboxylic acids is 1. The molecule has 0 aliphatic carbocycles. The predicted octanol–water partition coefficient (Wildman–Crippen LogP) is 2.08. The van der Waals surface area contributed by atoms with Crippen molar-refractivity contribution in [2.24, 2.45) is 0 Å². The normalized spacial score (nSPS) is 11.7. The standard InChI is InChI=1S/C8H9F3N2O2/c1-2-3-4-5(7(14)15)6(13-12-4)8(9,10)11/h2-3H2,1H3,(H,12,13)(H,14,15). The van der Waals surface area contributed by atoms with E-state index in [1.54, 1.807) is 12.0 Å². The van der Waals surface area contributed by atoms with Crippen LogP contribution in [-0.2, 0) is 12.6 Å². The molecule has 15 heavy (non-hydrogen) atoms. The number of hydrogen-bond acceptors (Lipinski definition) is 2. The molecule has 1 aromatic rings. The minimum absolute atomic E-state index is 0.0580. The summed E-state index contributed by atoms with van der Waals surface area (Å²) in [5.74, 6) is -1.61. The van der Waals surface area contributed by atoms with E-state index < -0.39 is 23.4 Å². The summed E-state index contributed by atoms with van der Waals surface area (Å²) in [6.07, 6.45) is -3.98. The first-order valence-corrected chi connectivity index (χ1v) is 4.25. The van der Waals surface area contributed by atoms with Crippen LogP contribution in [0, 0.1) is 0 Å². The van der Waals surface area contributed by atoms with Crippen LogP contribution >= 0.6 is 0 Å². The van der Waals surface area contributed by atoms with Gasteiger partial charge in [0.2, 0.25) is 0 Å². The molecule has 4 nitrogen and oxygen atoms in total. The van der Waals surface area contributed by atoms with Crippen LogP contribution in [0.3, 0.4) is 0 Å². The average molecular weight is 222 g/mol. The Labute approximate surface area is 83.1 Å². The van der Waals surface area contributed by atoms with Crippen molar-refractivity contribution in [2.75, 3.05) is 0 Å². The fourth-order valence-corrected chi connectivity index (χ4v) is 1.23. The van der Waals surface area contributed by atoms with Gasteiger partial charge in [-0.1, -0.05) is 13.3 Å². The van der Waals surface area contributed by atoms with Crippen molar-refractivity contribution >= 4 is 5.97 Å². The number of alkyl halides is 3. The van der Waals surface area contributed by atoms with Crippen LogP contribution in [0.5, 0.6) is 0 Å². The van der Waals surface area contributed by atoms with E-state index in [9.17, 15) is 18.0 Å². The molecule has 0 spiro atoms. The van der Waals surface area contributed by atoms with Crippen LogP contribution in [0.15, 0.2) is 0 Å². The van der Waals surface area contributed by atoms with Gasteiger partial charge in [-0.25, -0.2) is 4.79 Å². The lowest BCUT2D eigenvalue weighted by Crippen LogP contribution is -2.13. The Balaban J connectivity index is 3.24. The summed E-state index contributed by atoms with van der Waals surface area (Å²) >= 11 is 0. The zero-order valence-corrected chi connectivity index (χ0v) is 7.85. The van der Waals surface area contributed by atoms with Crippen molar-refractivity contribution in [3.63, 3.8) is 0 Å². The lowest BCUT2D eigenvalue weighted by atomic mass is 10.1. The van der Waals surface area contributed by atoms with Gasteiger partial charge in [0.1, 0.15) is 5.56 Å². The number of carbonyl (C=O) groups is 1. The van der Waals surface area contributed by atoms with E-state index in [-0.39, 0.29) is 12.1 Å². The molecule has 0 atom stereocenters. The van der Waals surface area contributed by atoms with Crippen LogP contribution in [0.4, 0.5) is 13.2 Å². The Morgan fingerprint density at radius 2 is 2.13 bits per heavy atom. The summed E-state index contributed by atoms with van der Waals surface area (Å²) < 4.78 is 37.0. The maximum atomic E-state index is 12.3. The number of halogens is 3. The van der Waals surface area contributed by atoms with Crippen LogP contribution in [0.25, 0.3) is 0 Å². The molecule has 0 aliphatic rings. The Morgan fingerprint density at radius 1 is 1.53 bits per heavy atom. The van der Waals surface area contributed by atoms with Crippen LogP contribution in [-0.4, -0.2) is 21.3 Å². The molecule has 7 heteroatoms. The molecule has 0 radical (unpaired) electrons. The topological polar surface area (TPSA) is 66.0 Å². The molecule has 0 amide bonds. The number of aromatic nitrogens is 2. The molecular weight excluding hydrogens is 213 g/mol. The molecule has 0 saturated carbocycles. The Hall–Kier alpha value is -1.53. The number of nitrogens with one attached hydrogen (secondary N) is 1. The minimum atomic E-state index is -4.72. The quantitative estimate of drug-likeness (QED) is 0.822. The number of aryl methyl sites for hydroxylation is 1. The number of H-pyrrole nitrogens is 1. The van der Waals surface area contributed by atoms with E-state index >= 15 is 0 Å². The third kappa shape index (κ3) is 2.28. The molecule has 0 aliphatic heterocycles. The molecule has 1 aromatic heterocycles. The van der Waals surface area contributed by atoms with Gasteiger partial charge in [0, 0.05) is 0 Å². The van der Waals surface area contributed by atoms with Gasteiger partial charge < -0.3 is 5.11 Å². The van der Waals surface area contributed by atoms with E-state index in [0.717, 1.165) is 0 Å². The van der Waals surface area contributed by atoms with Gasteiger partial charge >= 0.3 is 12.1 Å². The van der Waals surface area contributed by atoms with Gasteiger partial charge in [0.05, 0.1) is 5.69 Å². The number of aromatic amines is 1. The first-order chi connectivity index (χ1) is 6.88. The lowest BCUT2D eigenvalue weighted by Gasteiger charge is -2.04. The summed E-state index contributed by atoms with van der Waals surface area (Å²) in [5.41, 5.74) is -2.12. The third-order valence-electron chi connectivity index (χ3n) is 1.83. The first kappa shape index (κ1) is 11.5. The Kier molecular flexibility index (Phi) is 3.01. The van der Waals surface area contributed by atoms with Crippen molar-refractivity contribution in [3.8, 4) is 0 Å². The largest absolute Gasteiger partial charge is 0.478 e. The predicted molar refractivity (Wildman–Crippen MR) is 44.5 cm³/mol. The molecule has 84 valence electrons. The van der Waals surface area contributed by atoms with E-state index in [1.807, 2.05) is 0 Å². The Bertz CT molecular complexity index is 370. The molecule has 1 heterocycles. The Morgan fingerprint density at radius 3 is 2.53 bits per heavy atom. The van der Waals surface area contributed by atoms with Gasteiger partial charge in [-0.2, -0.15) is 18.3 Å². The van der Waals surface area contributed by atoms with E-state index in [0.29, 0.717) is 6.42 Å². The summed E-state index contributed by atoms with van der Waals surface area (Å²) in [6.45, 7) is 1.73. The maximum Gasteiger partial charge on any atom is 0.433 e. The van der Waals surface area contributed by atoms with E-state index in [4.69, 9.17) is 5.11 Å². The monoisotopic (exact) mass is 222 g/mol. The van der Waals surface area contributed by atoms with Gasteiger partial charge in [-0.15, -0.1) is 0 Å². The fourth-order valence-electron chi connectivity index (χ4n) is 1.23. The highest BCUT2D eigenvalue weighted by Crippen LogP contribution is 2.31. The number of nitrogens with zero attached hydrogens (tertiary/aromatic N) is 1. The van der Waals surface area contributed by atoms with Crippen LogP contribution in [0.1, 0.15) is 35.1 Å². The van der Waals surface area contributed by atoms with Crippen molar-refractivity contribution in [3.05, 3.63) is 17.0 Å². The summed E-state index contributed by atoms with van der Waals surface area (Å²) in [4.78, 5) is 10.7. The first-order valence-electron chi connectivity index (χ1n) is 4.25. The highest BCUT2D eigenvalue weighted by Gasteiger charge is 2.39. The van der Waals surface area contributed by atoms with Crippen molar-refractivity contribution in [2.45, 2.75) is 25.9 Å². The zero-order chi connectivity index (χ0) is 11.6. The third-order valence-corrected chi connectivity index (χ3v) is 1.83. The minimum Gasteiger partial charge on any atom is -0.478 e. The molecule has 0 bridgehead atoms. The molecule has 0 fully saturated rings. The lowest BCUT2D eigenvalue weighted by molar-refractivity contribution is -0.141. The van der Waals surface area contributed by atoms with E-state index in [2.05, 4.69) is 5.10 Å². The highest BCUT2D eigenvalue weighted by atomic mass is 19.4. The van der Waals surface area contributed by atoms with Crippen LogP contribution in [0.2, 0.25) is 0 Å².